The van der Waals surface area contributed by atoms with Gasteiger partial charge in [0, 0.05) is 49.7 Å². The molecule has 1 aliphatic rings. The average Bonchev–Trinajstić information content (AvgIpc) is 3.31. The predicted molar refractivity (Wildman–Crippen MR) is 160 cm³/mol. The molecule has 2 aromatic heterocycles. The third-order valence-corrected chi connectivity index (χ3v) is 8.32. The first-order valence-electron chi connectivity index (χ1n) is 13.5. The summed E-state index contributed by atoms with van der Waals surface area (Å²) in [5, 5.41) is 11.0. The van der Waals surface area contributed by atoms with Crippen molar-refractivity contribution in [1.29, 1.82) is 5.26 Å². The first-order chi connectivity index (χ1) is 18.9. The number of anilines is 1. The van der Waals surface area contributed by atoms with Crippen LogP contribution >= 0.6 is 11.6 Å². The molecule has 0 bridgehead atoms. The van der Waals surface area contributed by atoms with Gasteiger partial charge in [-0.15, -0.1) is 0 Å². The molecule has 0 unspecified atom stereocenters. The Morgan fingerprint density at radius 1 is 0.923 bits per heavy atom. The average molecular weight is 534 g/mol. The number of fused-ring (bicyclic) bond motifs is 3. The summed E-state index contributed by atoms with van der Waals surface area (Å²) in [6.45, 7) is 11.2. The van der Waals surface area contributed by atoms with E-state index in [2.05, 4.69) is 77.4 Å². The Balaban J connectivity index is 1.43. The monoisotopic (exact) mass is 533 g/mol. The Morgan fingerprint density at radius 3 is 2.38 bits per heavy atom. The molecule has 3 aromatic carbocycles. The number of piperazine rings is 1. The van der Waals surface area contributed by atoms with Crippen LogP contribution in [0.5, 0.6) is 0 Å². The molecule has 0 radical (unpaired) electrons. The zero-order valence-electron chi connectivity index (χ0n) is 22.7. The van der Waals surface area contributed by atoms with Gasteiger partial charge in [-0.2, -0.15) is 5.26 Å². The molecule has 3 heterocycles. The van der Waals surface area contributed by atoms with Crippen molar-refractivity contribution in [3.05, 3.63) is 111 Å². The van der Waals surface area contributed by atoms with Crippen LogP contribution in [0.25, 0.3) is 16.7 Å². The molecule has 0 N–H and O–H groups in total. The van der Waals surface area contributed by atoms with Gasteiger partial charge in [0.25, 0.3) is 0 Å². The number of para-hydroxylation sites is 2. The number of rotatable bonds is 5. The third-order valence-electron chi connectivity index (χ3n) is 8.06. The van der Waals surface area contributed by atoms with Crippen LogP contribution < -0.4 is 4.90 Å². The summed E-state index contributed by atoms with van der Waals surface area (Å²) >= 11 is 6.20. The smallest absolute Gasteiger partial charge is 0.157 e. The summed E-state index contributed by atoms with van der Waals surface area (Å²) in [5.41, 5.74) is 10.7. The van der Waals surface area contributed by atoms with Crippen molar-refractivity contribution in [2.75, 3.05) is 31.1 Å². The van der Waals surface area contributed by atoms with Crippen LogP contribution in [0.3, 0.4) is 0 Å². The van der Waals surface area contributed by atoms with E-state index < -0.39 is 0 Å². The maximum Gasteiger partial charge on any atom is 0.157 e. The van der Waals surface area contributed by atoms with Crippen molar-refractivity contribution >= 4 is 34.1 Å². The Morgan fingerprint density at radius 2 is 1.67 bits per heavy atom. The Hall–Kier alpha value is -3.85. The van der Waals surface area contributed by atoms with Crippen molar-refractivity contribution < 1.29 is 0 Å². The molecule has 0 atom stereocenters. The minimum atomic E-state index is 0.646. The number of pyridine rings is 1. The molecule has 1 saturated heterocycles. The van der Waals surface area contributed by atoms with E-state index in [1.54, 1.807) is 0 Å². The van der Waals surface area contributed by atoms with E-state index in [-0.39, 0.29) is 0 Å². The molecular formula is C33H32ClN5. The third kappa shape index (κ3) is 4.76. The number of aryl methyl sites for hydroxylation is 2. The minimum absolute atomic E-state index is 0.646. The lowest BCUT2D eigenvalue weighted by Crippen LogP contribution is -2.47. The molecule has 0 amide bonds. The lowest BCUT2D eigenvalue weighted by molar-refractivity contribution is 0.248. The Bertz CT molecular complexity index is 1720. The van der Waals surface area contributed by atoms with E-state index in [0.29, 0.717) is 5.56 Å². The molecule has 1 fully saturated rings. The summed E-state index contributed by atoms with van der Waals surface area (Å²) in [5.74, 6) is 1.15. The van der Waals surface area contributed by atoms with E-state index >= 15 is 0 Å². The highest BCUT2D eigenvalue weighted by atomic mass is 35.5. The van der Waals surface area contributed by atoms with Gasteiger partial charge in [0.1, 0.15) is 11.9 Å². The van der Waals surface area contributed by atoms with Crippen molar-refractivity contribution in [1.82, 2.24) is 14.3 Å². The molecule has 5 nitrogen and oxygen atoms in total. The van der Waals surface area contributed by atoms with Gasteiger partial charge >= 0.3 is 0 Å². The number of imidazole rings is 1. The molecule has 0 spiro atoms. The zero-order valence-corrected chi connectivity index (χ0v) is 23.5. The van der Waals surface area contributed by atoms with Gasteiger partial charge in [0.2, 0.25) is 0 Å². The first kappa shape index (κ1) is 25.4. The van der Waals surface area contributed by atoms with Gasteiger partial charge in [-0.25, -0.2) is 4.98 Å². The van der Waals surface area contributed by atoms with Crippen LogP contribution in [0.4, 0.5) is 5.82 Å². The number of benzene rings is 3. The van der Waals surface area contributed by atoms with Crippen LogP contribution in [0.1, 0.15) is 38.9 Å². The summed E-state index contributed by atoms with van der Waals surface area (Å²) in [4.78, 5) is 9.98. The highest BCUT2D eigenvalue weighted by Gasteiger charge is 2.27. The molecule has 6 rings (SSSR count). The maximum absolute atomic E-state index is 10.2. The fourth-order valence-corrected chi connectivity index (χ4v) is 6.02. The van der Waals surface area contributed by atoms with Gasteiger partial charge in [-0.05, 0) is 67.3 Å². The highest BCUT2D eigenvalue weighted by molar-refractivity contribution is 6.30. The van der Waals surface area contributed by atoms with E-state index in [0.717, 1.165) is 72.2 Å². The zero-order chi connectivity index (χ0) is 27.1. The predicted octanol–water partition coefficient (Wildman–Crippen LogP) is 6.85. The van der Waals surface area contributed by atoms with E-state index in [1.165, 1.54) is 27.8 Å². The first-order valence-corrected chi connectivity index (χ1v) is 13.9. The number of halogens is 1. The number of hydrogen-bond acceptors (Lipinski definition) is 4. The summed E-state index contributed by atoms with van der Waals surface area (Å²) in [6.07, 6.45) is 0.720. The largest absolute Gasteiger partial charge is 0.355 e. The fourth-order valence-electron chi connectivity index (χ4n) is 5.90. The topological polar surface area (TPSA) is 47.6 Å². The molecular weight excluding hydrogens is 502 g/mol. The quantitative estimate of drug-likeness (QED) is 0.248. The highest BCUT2D eigenvalue weighted by Crippen LogP contribution is 2.35. The summed E-state index contributed by atoms with van der Waals surface area (Å²) < 4.78 is 2.23. The van der Waals surface area contributed by atoms with Crippen molar-refractivity contribution in [3.63, 3.8) is 0 Å². The van der Waals surface area contributed by atoms with E-state index in [1.807, 2.05) is 30.3 Å². The molecule has 196 valence electrons. The fraction of sp³-hybridized carbons (Fsp3) is 0.273. The molecule has 6 heteroatoms. The van der Waals surface area contributed by atoms with Crippen LogP contribution in [0, 0.1) is 32.1 Å². The number of nitrogens with zero attached hydrogens (tertiary/aromatic N) is 5. The maximum atomic E-state index is 10.2. The normalized spacial score (nSPS) is 14.3. The molecule has 1 aliphatic heterocycles. The number of hydrogen-bond donors (Lipinski definition) is 0. The van der Waals surface area contributed by atoms with Gasteiger partial charge in [0.05, 0.1) is 16.6 Å². The lowest BCUT2D eigenvalue weighted by atomic mass is 9.97. The van der Waals surface area contributed by atoms with Gasteiger partial charge in [0.15, 0.2) is 5.65 Å². The Labute approximate surface area is 234 Å². The van der Waals surface area contributed by atoms with Crippen LogP contribution in [0.15, 0.2) is 66.7 Å². The second-order valence-corrected chi connectivity index (χ2v) is 11.1. The number of aromatic nitrogens is 2. The molecule has 5 aromatic rings. The summed E-state index contributed by atoms with van der Waals surface area (Å²) in [6, 6.07) is 25.5. The SMILES string of the molecule is Cc1ccc(CN2CCN(c3c(Cc4ccc(Cl)cc4)c(C)c(C#N)c4nc5ccccc5n34)CC2)c(C)c1. The van der Waals surface area contributed by atoms with Crippen molar-refractivity contribution in [2.45, 2.75) is 33.7 Å². The standard InChI is InChI=1S/C33H32ClN5/c1-22-8-11-26(23(2)18-22)21-37-14-16-38(17-15-37)33-28(19-25-9-12-27(34)13-10-25)24(3)29(20-35)32-36-30-6-4-5-7-31(30)39(32)33/h4-13,18H,14-17,19,21H2,1-3H3. The van der Waals surface area contributed by atoms with Gasteiger partial charge in [-0.3, -0.25) is 9.30 Å². The lowest BCUT2D eigenvalue weighted by Gasteiger charge is -2.38. The second kappa shape index (κ2) is 10.4. The van der Waals surface area contributed by atoms with Crippen LogP contribution in [0.2, 0.25) is 5.02 Å². The minimum Gasteiger partial charge on any atom is -0.355 e. The van der Waals surface area contributed by atoms with Crippen LogP contribution in [-0.4, -0.2) is 40.5 Å². The van der Waals surface area contributed by atoms with Gasteiger partial charge < -0.3 is 4.90 Å². The Kier molecular flexibility index (Phi) is 6.76. The summed E-state index contributed by atoms with van der Waals surface area (Å²) in [7, 11) is 0. The van der Waals surface area contributed by atoms with E-state index in [9.17, 15) is 5.26 Å². The van der Waals surface area contributed by atoms with Gasteiger partial charge in [-0.1, -0.05) is 59.6 Å². The van der Waals surface area contributed by atoms with Crippen LogP contribution in [-0.2, 0) is 13.0 Å². The van der Waals surface area contributed by atoms with E-state index in [4.69, 9.17) is 16.6 Å². The van der Waals surface area contributed by atoms with Crippen molar-refractivity contribution in [2.24, 2.45) is 0 Å². The molecule has 0 saturated carbocycles. The number of nitriles is 1. The molecule has 39 heavy (non-hydrogen) atoms. The van der Waals surface area contributed by atoms with Crippen molar-refractivity contribution in [3.8, 4) is 6.07 Å². The molecule has 0 aliphatic carbocycles. The second-order valence-electron chi connectivity index (χ2n) is 10.7.